The molecule has 0 bridgehead atoms. The zero-order chi connectivity index (χ0) is 24.6. The number of hydrogen-bond acceptors (Lipinski definition) is 5. The van der Waals surface area contributed by atoms with Gasteiger partial charge in [0.05, 0.1) is 5.52 Å². The monoisotopic (exact) mass is 488 g/mol. The van der Waals surface area contributed by atoms with Crippen LogP contribution in [-0.4, -0.2) is 59.7 Å². The van der Waals surface area contributed by atoms with Gasteiger partial charge in [0.15, 0.2) is 0 Å². The molecule has 9 heteroatoms. The highest BCUT2D eigenvalue weighted by molar-refractivity contribution is 7.89. The third-order valence-corrected chi connectivity index (χ3v) is 8.11. The number of piperazine rings is 1. The van der Waals surface area contributed by atoms with Crippen molar-refractivity contribution in [1.29, 1.82) is 0 Å². The number of pyridine rings is 2. The van der Waals surface area contributed by atoms with Gasteiger partial charge in [-0.2, -0.15) is 4.31 Å². The van der Waals surface area contributed by atoms with Crippen LogP contribution in [-0.2, 0) is 10.0 Å². The third kappa shape index (κ3) is 4.36. The van der Waals surface area contributed by atoms with Crippen LogP contribution in [0.4, 0.5) is 0 Å². The second-order valence-electron chi connectivity index (χ2n) is 8.52. The van der Waals surface area contributed by atoms with Crippen molar-refractivity contribution in [3.05, 3.63) is 94.4 Å². The molecule has 0 aliphatic carbocycles. The van der Waals surface area contributed by atoms with Gasteiger partial charge in [-0.3, -0.25) is 14.6 Å². The van der Waals surface area contributed by atoms with Crippen molar-refractivity contribution in [3.63, 3.8) is 0 Å². The van der Waals surface area contributed by atoms with Crippen molar-refractivity contribution in [2.45, 2.75) is 11.8 Å². The highest BCUT2D eigenvalue weighted by Gasteiger charge is 2.32. The summed E-state index contributed by atoms with van der Waals surface area (Å²) in [5.41, 5.74) is 2.42. The standard InChI is InChI=1S/C26H24N4O4S/c1-18-16-20-8-5-9-23(24(20)27-17-18)35(33,34)30-14-12-29(13-15-30)26(32)21-10-11-22(28-25(21)31)19-6-3-2-4-7-19/h2-11,16-17H,12-15H2,1H3,(H,28,31). The summed E-state index contributed by atoms with van der Waals surface area (Å²) in [5, 5.41) is 0.762. The SMILES string of the molecule is Cc1cnc2c(S(=O)(=O)N3CCN(C(=O)c4ccc(-c5ccccc5)[nH]c4=O)CC3)cccc2c1. The molecule has 1 saturated heterocycles. The summed E-state index contributed by atoms with van der Waals surface area (Å²) in [7, 11) is -3.79. The predicted octanol–water partition coefficient (Wildman–Crippen LogP) is 3.05. The number of nitrogens with one attached hydrogen (secondary N) is 1. The molecular formula is C26H24N4O4S. The van der Waals surface area contributed by atoms with E-state index in [4.69, 9.17) is 0 Å². The maximum absolute atomic E-state index is 13.4. The minimum Gasteiger partial charge on any atom is -0.336 e. The quantitative estimate of drug-likeness (QED) is 0.476. The zero-order valence-electron chi connectivity index (χ0n) is 19.1. The minimum atomic E-state index is -3.79. The van der Waals surface area contributed by atoms with Crippen molar-refractivity contribution in [2.75, 3.05) is 26.2 Å². The Labute approximate surface area is 202 Å². The molecule has 178 valence electrons. The Kier molecular flexibility index (Phi) is 5.96. The molecule has 8 nitrogen and oxygen atoms in total. The maximum atomic E-state index is 13.4. The van der Waals surface area contributed by atoms with Crippen LogP contribution in [0.5, 0.6) is 0 Å². The Hall–Kier alpha value is -3.82. The van der Waals surface area contributed by atoms with Crippen molar-refractivity contribution in [3.8, 4) is 11.3 Å². The number of aromatic amines is 1. The molecule has 0 radical (unpaired) electrons. The fraction of sp³-hybridized carbons (Fsp3) is 0.192. The molecule has 0 unspecified atom stereocenters. The fourth-order valence-electron chi connectivity index (χ4n) is 4.32. The lowest BCUT2D eigenvalue weighted by Crippen LogP contribution is -2.51. The number of nitrogens with zero attached hydrogens (tertiary/aromatic N) is 3. The Morgan fingerprint density at radius 1 is 0.943 bits per heavy atom. The number of aryl methyl sites for hydroxylation is 1. The summed E-state index contributed by atoms with van der Waals surface area (Å²) in [4.78, 5) is 34.5. The van der Waals surface area contributed by atoms with E-state index >= 15 is 0 Å². The maximum Gasteiger partial charge on any atom is 0.261 e. The summed E-state index contributed by atoms with van der Waals surface area (Å²) >= 11 is 0. The van der Waals surface area contributed by atoms with Gasteiger partial charge in [0, 0.05) is 43.5 Å². The number of H-pyrrole nitrogens is 1. The van der Waals surface area contributed by atoms with Crippen LogP contribution in [0.1, 0.15) is 15.9 Å². The number of rotatable bonds is 4. The molecule has 0 saturated carbocycles. The second kappa shape index (κ2) is 9.09. The van der Waals surface area contributed by atoms with E-state index in [0.717, 1.165) is 16.5 Å². The summed E-state index contributed by atoms with van der Waals surface area (Å²) in [6.45, 7) is 2.56. The molecule has 4 aromatic rings. The number of aromatic nitrogens is 2. The van der Waals surface area contributed by atoms with E-state index in [9.17, 15) is 18.0 Å². The third-order valence-electron chi connectivity index (χ3n) is 6.18. The Morgan fingerprint density at radius 2 is 1.69 bits per heavy atom. The van der Waals surface area contributed by atoms with Crippen LogP contribution in [0.3, 0.4) is 0 Å². The van der Waals surface area contributed by atoms with E-state index in [1.807, 2.05) is 49.4 Å². The number of hydrogen-bond donors (Lipinski definition) is 1. The molecule has 35 heavy (non-hydrogen) atoms. The van der Waals surface area contributed by atoms with Gasteiger partial charge in [-0.15, -0.1) is 0 Å². The lowest BCUT2D eigenvalue weighted by Gasteiger charge is -2.34. The average Bonchev–Trinajstić information content (AvgIpc) is 2.88. The van der Waals surface area contributed by atoms with Crippen LogP contribution >= 0.6 is 0 Å². The smallest absolute Gasteiger partial charge is 0.261 e. The highest BCUT2D eigenvalue weighted by Crippen LogP contribution is 2.26. The molecule has 1 aliphatic heterocycles. The van der Waals surface area contributed by atoms with Gasteiger partial charge in [-0.25, -0.2) is 8.42 Å². The molecule has 1 N–H and O–H groups in total. The van der Waals surface area contributed by atoms with Crippen LogP contribution in [0.15, 0.2) is 82.6 Å². The lowest BCUT2D eigenvalue weighted by molar-refractivity contribution is 0.0696. The summed E-state index contributed by atoms with van der Waals surface area (Å²) < 4.78 is 28.1. The van der Waals surface area contributed by atoms with Gasteiger partial charge in [0.1, 0.15) is 10.5 Å². The number of carbonyl (C=O) groups excluding carboxylic acids is 1. The highest BCUT2D eigenvalue weighted by atomic mass is 32.2. The molecule has 2 aromatic carbocycles. The van der Waals surface area contributed by atoms with E-state index in [1.165, 1.54) is 15.3 Å². The Morgan fingerprint density at radius 3 is 2.40 bits per heavy atom. The Bertz CT molecular complexity index is 1570. The molecular weight excluding hydrogens is 464 g/mol. The molecule has 5 rings (SSSR count). The minimum absolute atomic E-state index is 0.0367. The second-order valence-corrected chi connectivity index (χ2v) is 10.4. The molecule has 1 fully saturated rings. The number of fused-ring (bicyclic) bond motifs is 1. The largest absolute Gasteiger partial charge is 0.336 e. The van der Waals surface area contributed by atoms with Gasteiger partial charge in [-0.05, 0) is 42.3 Å². The fourth-order valence-corrected chi connectivity index (χ4v) is 5.91. The van der Waals surface area contributed by atoms with Crippen LogP contribution in [0, 0.1) is 6.92 Å². The average molecular weight is 489 g/mol. The first-order valence-electron chi connectivity index (χ1n) is 11.3. The zero-order valence-corrected chi connectivity index (χ0v) is 20.0. The topological polar surface area (TPSA) is 103 Å². The van der Waals surface area contributed by atoms with Crippen LogP contribution < -0.4 is 5.56 Å². The van der Waals surface area contributed by atoms with Crippen LogP contribution in [0.25, 0.3) is 22.2 Å². The van der Waals surface area contributed by atoms with Crippen molar-refractivity contribution in [2.24, 2.45) is 0 Å². The van der Waals surface area contributed by atoms with Gasteiger partial charge in [0.25, 0.3) is 11.5 Å². The Balaban J connectivity index is 1.33. The molecule has 1 aliphatic rings. The van der Waals surface area contributed by atoms with Crippen molar-refractivity contribution < 1.29 is 13.2 Å². The van der Waals surface area contributed by atoms with Gasteiger partial charge in [0.2, 0.25) is 10.0 Å². The van der Waals surface area contributed by atoms with E-state index in [2.05, 4.69) is 9.97 Å². The number of sulfonamides is 1. The molecule has 2 aromatic heterocycles. The number of benzene rings is 2. The first-order valence-corrected chi connectivity index (χ1v) is 12.7. The number of amides is 1. The summed E-state index contributed by atoms with van der Waals surface area (Å²) in [6, 6.07) is 19.6. The summed E-state index contributed by atoms with van der Waals surface area (Å²) in [6.07, 6.45) is 1.65. The predicted molar refractivity (Wildman–Crippen MR) is 134 cm³/mol. The van der Waals surface area contributed by atoms with Crippen LogP contribution in [0.2, 0.25) is 0 Å². The molecule has 0 atom stereocenters. The van der Waals surface area contributed by atoms with E-state index in [0.29, 0.717) is 11.2 Å². The lowest BCUT2D eigenvalue weighted by atomic mass is 10.1. The van der Waals surface area contributed by atoms with E-state index in [-0.39, 0.29) is 36.6 Å². The normalized spacial score (nSPS) is 14.8. The van der Waals surface area contributed by atoms with Crippen molar-refractivity contribution >= 4 is 26.8 Å². The van der Waals surface area contributed by atoms with E-state index < -0.39 is 21.5 Å². The number of para-hydroxylation sites is 1. The van der Waals surface area contributed by atoms with E-state index in [1.54, 1.807) is 24.4 Å². The molecule has 1 amide bonds. The van der Waals surface area contributed by atoms with Gasteiger partial charge < -0.3 is 9.88 Å². The number of carbonyl (C=O) groups is 1. The first kappa shape index (κ1) is 22.9. The van der Waals surface area contributed by atoms with Gasteiger partial charge in [-0.1, -0.05) is 42.5 Å². The molecule has 3 heterocycles. The molecule has 0 spiro atoms. The first-order chi connectivity index (χ1) is 16.8. The summed E-state index contributed by atoms with van der Waals surface area (Å²) in [5.74, 6) is -0.412. The van der Waals surface area contributed by atoms with Crippen molar-refractivity contribution in [1.82, 2.24) is 19.2 Å². The van der Waals surface area contributed by atoms with Gasteiger partial charge >= 0.3 is 0 Å².